The monoisotopic (exact) mass is 430 g/mol. The number of hydrogen-bond donors (Lipinski definition) is 0. The molecule has 0 N–H and O–H groups in total. The Kier molecular flexibility index (Phi) is 5.63. The molecule has 0 aliphatic rings. The van der Waals surface area contributed by atoms with Crippen LogP contribution in [-0.4, -0.2) is 21.1 Å². The fraction of sp³-hybridized carbons (Fsp3) is 0.250. The number of aromatic nitrogens is 2. The van der Waals surface area contributed by atoms with Gasteiger partial charge in [0.15, 0.2) is 10.9 Å². The smallest absolute Gasteiger partial charge is 0.262 e. The number of carbonyl (C=O) groups excluding carboxylic acids is 1. The van der Waals surface area contributed by atoms with E-state index in [0.717, 1.165) is 21.2 Å². The summed E-state index contributed by atoms with van der Waals surface area (Å²) in [6.07, 6.45) is 0. The predicted molar refractivity (Wildman–Crippen MR) is 110 cm³/mol. The first-order chi connectivity index (χ1) is 12.4. The molecule has 2 aromatic carbocycles. The van der Waals surface area contributed by atoms with Gasteiger partial charge in [0.1, 0.15) is 0 Å². The number of rotatable bonds is 5. The first kappa shape index (κ1) is 18.9. The van der Waals surface area contributed by atoms with Crippen LogP contribution in [0.1, 0.15) is 28.4 Å². The number of fused-ring (bicyclic) bond motifs is 1. The normalized spacial score (nSPS) is 11.1. The lowest BCUT2D eigenvalue weighted by atomic mass is 10.0. The Labute approximate surface area is 164 Å². The van der Waals surface area contributed by atoms with E-state index >= 15 is 0 Å². The van der Waals surface area contributed by atoms with E-state index in [4.69, 9.17) is 0 Å². The topological polar surface area (TPSA) is 52.0 Å². The molecular formula is C20H19BrN2O2S. The Hall–Kier alpha value is -1.92. The molecule has 0 aliphatic heterocycles. The van der Waals surface area contributed by atoms with Crippen LogP contribution in [0, 0.1) is 13.8 Å². The minimum Gasteiger partial charge on any atom is -0.293 e. The molecule has 3 aromatic rings. The van der Waals surface area contributed by atoms with Crippen molar-refractivity contribution < 1.29 is 4.79 Å². The third-order valence-corrected chi connectivity index (χ3v) is 5.69. The lowest BCUT2D eigenvalue weighted by Gasteiger charge is -2.11. The third kappa shape index (κ3) is 3.76. The molecule has 0 bridgehead atoms. The highest BCUT2D eigenvalue weighted by molar-refractivity contribution is 9.10. The second kappa shape index (κ2) is 7.76. The highest BCUT2D eigenvalue weighted by Gasteiger charge is 2.15. The molecule has 0 saturated heterocycles. The van der Waals surface area contributed by atoms with Gasteiger partial charge in [-0.15, -0.1) is 0 Å². The SMILES string of the molecule is CCn1c(SCC(=O)c2cc(C)ccc2C)nc2ccc(Br)cc2c1=O. The minimum atomic E-state index is -0.0829. The van der Waals surface area contributed by atoms with Crippen LogP contribution in [0.25, 0.3) is 10.9 Å². The Morgan fingerprint density at radius 1 is 1.19 bits per heavy atom. The molecule has 4 nitrogen and oxygen atoms in total. The molecule has 134 valence electrons. The number of Topliss-reactive ketones (excluding diaryl/α,β-unsaturated/α-hetero) is 1. The lowest BCUT2D eigenvalue weighted by Crippen LogP contribution is -2.23. The molecule has 0 fully saturated rings. The molecular weight excluding hydrogens is 412 g/mol. The van der Waals surface area contributed by atoms with Gasteiger partial charge in [-0.1, -0.05) is 45.4 Å². The van der Waals surface area contributed by atoms with Gasteiger partial charge in [-0.05, 0) is 50.6 Å². The number of hydrogen-bond acceptors (Lipinski definition) is 4. The molecule has 0 aliphatic carbocycles. The zero-order chi connectivity index (χ0) is 18.8. The fourth-order valence-electron chi connectivity index (χ4n) is 2.81. The van der Waals surface area contributed by atoms with Gasteiger partial charge in [0.25, 0.3) is 5.56 Å². The Bertz CT molecular complexity index is 1060. The van der Waals surface area contributed by atoms with E-state index in [1.807, 2.05) is 51.1 Å². The van der Waals surface area contributed by atoms with Crippen molar-refractivity contribution in [2.45, 2.75) is 32.5 Å². The van der Waals surface area contributed by atoms with Gasteiger partial charge in [-0.2, -0.15) is 0 Å². The molecule has 26 heavy (non-hydrogen) atoms. The van der Waals surface area contributed by atoms with Crippen molar-refractivity contribution in [3.63, 3.8) is 0 Å². The van der Waals surface area contributed by atoms with E-state index in [2.05, 4.69) is 20.9 Å². The quantitative estimate of drug-likeness (QED) is 0.332. The van der Waals surface area contributed by atoms with E-state index in [1.165, 1.54) is 11.8 Å². The van der Waals surface area contributed by atoms with Gasteiger partial charge in [0, 0.05) is 16.6 Å². The van der Waals surface area contributed by atoms with Gasteiger partial charge in [0.2, 0.25) is 0 Å². The summed E-state index contributed by atoms with van der Waals surface area (Å²) in [5.74, 6) is 0.294. The molecule has 1 heterocycles. The number of carbonyl (C=O) groups is 1. The third-order valence-electron chi connectivity index (χ3n) is 4.22. The average molecular weight is 431 g/mol. The summed E-state index contributed by atoms with van der Waals surface area (Å²) in [6.45, 7) is 6.32. The molecule has 0 unspecified atom stereocenters. The summed E-state index contributed by atoms with van der Waals surface area (Å²) >= 11 is 4.71. The predicted octanol–water partition coefficient (Wildman–Crippen LogP) is 4.77. The average Bonchev–Trinajstić information content (AvgIpc) is 2.62. The van der Waals surface area contributed by atoms with Crippen LogP contribution in [-0.2, 0) is 6.54 Å². The maximum Gasteiger partial charge on any atom is 0.262 e. The maximum atomic E-state index is 12.7. The first-order valence-corrected chi connectivity index (χ1v) is 10.1. The van der Waals surface area contributed by atoms with Crippen LogP contribution < -0.4 is 5.56 Å². The molecule has 0 spiro atoms. The molecule has 0 amide bonds. The number of nitrogens with zero attached hydrogens (tertiary/aromatic N) is 2. The van der Waals surface area contributed by atoms with Crippen LogP contribution in [0.4, 0.5) is 0 Å². The van der Waals surface area contributed by atoms with Gasteiger partial charge in [-0.3, -0.25) is 14.2 Å². The van der Waals surface area contributed by atoms with Crippen LogP contribution in [0.5, 0.6) is 0 Å². The lowest BCUT2D eigenvalue weighted by molar-refractivity contribution is 0.102. The largest absolute Gasteiger partial charge is 0.293 e. The van der Waals surface area contributed by atoms with Crippen molar-refractivity contribution in [1.29, 1.82) is 0 Å². The fourth-order valence-corrected chi connectivity index (χ4v) is 4.11. The van der Waals surface area contributed by atoms with Crippen molar-refractivity contribution in [3.05, 3.63) is 67.9 Å². The van der Waals surface area contributed by atoms with Crippen LogP contribution in [0.15, 0.2) is 50.8 Å². The Morgan fingerprint density at radius 2 is 1.96 bits per heavy atom. The molecule has 0 atom stereocenters. The van der Waals surface area contributed by atoms with Crippen molar-refractivity contribution in [2.75, 3.05) is 5.75 Å². The van der Waals surface area contributed by atoms with Gasteiger partial charge >= 0.3 is 0 Å². The number of halogens is 1. The Morgan fingerprint density at radius 3 is 2.69 bits per heavy atom. The molecule has 0 radical (unpaired) electrons. The highest BCUT2D eigenvalue weighted by atomic mass is 79.9. The van der Waals surface area contributed by atoms with Crippen LogP contribution in [0.2, 0.25) is 0 Å². The molecule has 0 saturated carbocycles. The van der Waals surface area contributed by atoms with E-state index in [-0.39, 0.29) is 17.1 Å². The van der Waals surface area contributed by atoms with Gasteiger partial charge in [-0.25, -0.2) is 4.98 Å². The number of benzene rings is 2. The maximum absolute atomic E-state index is 12.7. The summed E-state index contributed by atoms with van der Waals surface area (Å²) in [5.41, 5.74) is 3.31. The van der Waals surface area contributed by atoms with E-state index in [0.29, 0.717) is 22.6 Å². The van der Waals surface area contributed by atoms with E-state index in [9.17, 15) is 9.59 Å². The van der Waals surface area contributed by atoms with Crippen LogP contribution >= 0.6 is 27.7 Å². The van der Waals surface area contributed by atoms with E-state index in [1.54, 1.807) is 10.6 Å². The zero-order valence-corrected chi connectivity index (χ0v) is 17.3. The summed E-state index contributed by atoms with van der Waals surface area (Å²) in [7, 11) is 0. The minimum absolute atomic E-state index is 0.0454. The first-order valence-electron chi connectivity index (χ1n) is 8.34. The van der Waals surface area contributed by atoms with Crippen molar-refractivity contribution in [1.82, 2.24) is 9.55 Å². The number of aryl methyl sites for hydroxylation is 2. The molecule has 1 aromatic heterocycles. The summed E-state index contributed by atoms with van der Waals surface area (Å²) in [5, 5.41) is 1.15. The highest BCUT2D eigenvalue weighted by Crippen LogP contribution is 2.22. The molecule has 6 heteroatoms. The van der Waals surface area contributed by atoms with Gasteiger partial charge < -0.3 is 0 Å². The zero-order valence-electron chi connectivity index (χ0n) is 14.9. The van der Waals surface area contributed by atoms with Crippen molar-refractivity contribution in [2.24, 2.45) is 0 Å². The second-order valence-corrected chi connectivity index (χ2v) is 7.99. The number of thioether (sulfide) groups is 1. The molecule has 3 rings (SSSR count). The standard InChI is InChI=1S/C20H19BrN2O2S/c1-4-23-19(25)16-10-14(21)7-8-17(16)22-20(23)26-11-18(24)15-9-12(2)5-6-13(15)3/h5-10H,4,11H2,1-3H3. The van der Waals surface area contributed by atoms with Crippen LogP contribution in [0.3, 0.4) is 0 Å². The summed E-state index contributed by atoms with van der Waals surface area (Å²) in [4.78, 5) is 30.0. The summed E-state index contributed by atoms with van der Waals surface area (Å²) in [6, 6.07) is 11.3. The second-order valence-electron chi connectivity index (χ2n) is 6.14. The van der Waals surface area contributed by atoms with Gasteiger partial charge in [0.05, 0.1) is 16.7 Å². The van der Waals surface area contributed by atoms with E-state index < -0.39 is 0 Å². The summed E-state index contributed by atoms with van der Waals surface area (Å²) < 4.78 is 2.47. The Balaban J connectivity index is 1.93. The van der Waals surface area contributed by atoms with Crippen molar-refractivity contribution in [3.8, 4) is 0 Å². The van der Waals surface area contributed by atoms with Crippen molar-refractivity contribution >= 4 is 44.4 Å². The number of ketones is 1.